The number of carbonyl (C=O) groups excluding carboxylic acids is 4. The second kappa shape index (κ2) is 12.6. The highest BCUT2D eigenvalue weighted by Gasteiger charge is 2.75. The average Bonchev–Trinajstić information content (AvgIpc) is 3.45. The summed E-state index contributed by atoms with van der Waals surface area (Å²) < 4.78 is 5.53. The van der Waals surface area contributed by atoms with Crippen molar-refractivity contribution in [2.75, 3.05) is 44.2 Å². The van der Waals surface area contributed by atoms with Gasteiger partial charge in [0.15, 0.2) is 9.75 Å². The maximum Gasteiger partial charge on any atom is 0.253 e. The van der Waals surface area contributed by atoms with Crippen LogP contribution < -0.4 is 14.5 Å². The van der Waals surface area contributed by atoms with Gasteiger partial charge in [0, 0.05) is 32.7 Å². The minimum absolute atomic E-state index is 0.0874. The number of ether oxygens (including phenoxy) is 1. The van der Waals surface area contributed by atoms with Crippen LogP contribution in [0.2, 0.25) is 0 Å². The first-order chi connectivity index (χ1) is 23.9. The van der Waals surface area contributed by atoms with Gasteiger partial charge >= 0.3 is 0 Å². The zero-order valence-corrected chi connectivity index (χ0v) is 29.1. The zero-order valence-electron chi connectivity index (χ0n) is 27.6. The molecule has 2 aliphatic carbocycles. The monoisotopic (exact) mass is 715 g/mol. The number of azo groups is 1. The molecule has 3 fully saturated rings. The molecule has 2 heterocycles. The third-order valence-corrected chi connectivity index (χ3v) is 11.8. The molecule has 2 saturated heterocycles. The Kier molecular flexibility index (Phi) is 8.56. The summed E-state index contributed by atoms with van der Waals surface area (Å²) in [7, 11) is 5.27. The Balaban J connectivity index is 1.19. The van der Waals surface area contributed by atoms with E-state index in [1.807, 2.05) is 49.3 Å². The lowest BCUT2D eigenvalue weighted by Gasteiger charge is -2.50. The number of amides is 4. The van der Waals surface area contributed by atoms with Crippen molar-refractivity contribution in [1.29, 1.82) is 0 Å². The van der Waals surface area contributed by atoms with Gasteiger partial charge < -0.3 is 14.7 Å². The van der Waals surface area contributed by atoms with Crippen LogP contribution in [0.4, 0.5) is 22.7 Å². The summed E-state index contributed by atoms with van der Waals surface area (Å²) in [4.78, 5) is 56.1. The van der Waals surface area contributed by atoms with Crippen molar-refractivity contribution < 1.29 is 29.0 Å². The van der Waals surface area contributed by atoms with E-state index in [2.05, 4.69) is 10.2 Å². The number of halogens is 2. The summed E-state index contributed by atoms with van der Waals surface area (Å²) in [6.45, 7) is -0.0539. The van der Waals surface area contributed by atoms with Crippen LogP contribution in [0.1, 0.15) is 24.3 Å². The summed E-state index contributed by atoms with van der Waals surface area (Å²) in [5.74, 6) is -4.49. The summed E-state index contributed by atoms with van der Waals surface area (Å²) >= 11 is 14.5. The highest BCUT2D eigenvalue weighted by molar-refractivity contribution is 6.53. The molecule has 2 aliphatic heterocycles. The molecule has 50 heavy (non-hydrogen) atoms. The Morgan fingerprint density at radius 3 is 2.08 bits per heavy atom. The highest BCUT2D eigenvalue weighted by Crippen LogP contribution is 2.65. The minimum Gasteiger partial charge on any atom is -0.491 e. The van der Waals surface area contributed by atoms with E-state index in [0.717, 1.165) is 10.6 Å². The average molecular weight is 717 g/mol. The topological polar surface area (TPSA) is 132 Å². The smallest absolute Gasteiger partial charge is 0.253 e. The van der Waals surface area contributed by atoms with Gasteiger partial charge in [0.2, 0.25) is 11.8 Å². The number of imide groups is 2. The first-order valence-electron chi connectivity index (χ1n) is 16.3. The molecule has 0 radical (unpaired) electrons. The lowest BCUT2D eigenvalue weighted by Crippen LogP contribution is -2.60. The Morgan fingerprint density at radius 1 is 0.860 bits per heavy atom. The predicted octanol–water partition coefficient (Wildman–Crippen LogP) is 5.73. The van der Waals surface area contributed by atoms with E-state index < -0.39 is 51.1 Å². The predicted molar refractivity (Wildman–Crippen MR) is 188 cm³/mol. The first-order valence-corrected chi connectivity index (χ1v) is 17.1. The maximum absolute atomic E-state index is 14.3. The van der Waals surface area contributed by atoms with Gasteiger partial charge in [-0.3, -0.25) is 29.0 Å². The van der Waals surface area contributed by atoms with Crippen LogP contribution in [0, 0.1) is 17.8 Å². The second-order valence-corrected chi connectivity index (χ2v) is 14.5. The summed E-state index contributed by atoms with van der Waals surface area (Å²) in [6, 6.07) is 21.2. The third kappa shape index (κ3) is 5.13. The van der Waals surface area contributed by atoms with Gasteiger partial charge in [-0.15, -0.1) is 23.2 Å². The fourth-order valence-electron chi connectivity index (χ4n) is 7.89. The number of rotatable bonds is 8. The lowest BCUT2D eigenvalue weighted by molar-refractivity contribution is -0.138. The number of allylic oxidation sites excluding steroid dienone is 2. The van der Waals surface area contributed by atoms with Crippen LogP contribution in [0.3, 0.4) is 0 Å². The van der Waals surface area contributed by atoms with Gasteiger partial charge in [-0.25, -0.2) is 0 Å². The molecule has 0 bridgehead atoms. The molecule has 1 N–H and O–H groups in total. The van der Waals surface area contributed by atoms with E-state index in [-0.39, 0.29) is 32.0 Å². The van der Waals surface area contributed by atoms with Crippen molar-refractivity contribution in [3.8, 4) is 5.75 Å². The van der Waals surface area contributed by atoms with Crippen LogP contribution in [0.5, 0.6) is 5.75 Å². The number of fused-ring (bicyclic) bond motifs is 4. The fourth-order valence-corrected chi connectivity index (χ4v) is 8.91. The molecular weight excluding hydrogens is 681 g/mol. The summed E-state index contributed by atoms with van der Waals surface area (Å²) in [5, 5.41) is 17.8. The molecule has 3 aromatic rings. The van der Waals surface area contributed by atoms with Crippen molar-refractivity contribution in [2.24, 2.45) is 28.0 Å². The Morgan fingerprint density at radius 2 is 1.48 bits per heavy atom. The molecule has 0 spiro atoms. The van der Waals surface area contributed by atoms with Gasteiger partial charge in [0.05, 0.1) is 35.5 Å². The third-order valence-electron chi connectivity index (χ3n) is 10.3. The lowest BCUT2D eigenvalue weighted by atomic mass is 9.56. The minimum atomic E-state index is -1.87. The van der Waals surface area contributed by atoms with Crippen molar-refractivity contribution in [1.82, 2.24) is 4.90 Å². The van der Waals surface area contributed by atoms with E-state index in [9.17, 15) is 19.2 Å². The second-order valence-electron chi connectivity index (χ2n) is 13.3. The number of aliphatic hydroxyl groups excluding tert-OH is 1. The molecule has 258 valence electrons. The normalized spacial score (nSPS) is 28.9. The molecule has 11 nitrogen and oxygen atoms in total. The van der Waals surface area contributed by atoms with Crippen molar-refractivity contribution in [3.05, 3.63) is 90.0 Å². The van der Waals surface area contributed by atoms with Crippen LogP contribution in [0.25, 0.3) is 0 Å². The van der Waals surface area contributed by atoms with Crippen LogP contribution in [-0.2, 0) is 19.2 Å². The number of carbonyl (C=O) groups is 4. The number of benzene rings is 3. The van der Waals surface area contributed by atoms with Gasteiger partial charge in [-0.1, -0.05) is 23.8 Å². The largest absolute Gasteiger partial charge is 0.491 e. The first kappa shape index (κ1) is 33.9. The number of likely N-dealkylation sites (tertiary alicyclic amines) is 1. The van der Waals surface area contributed by atoms with Crippen LogP contribution in [-0.4, -0.2) is 77.7 Å². The Hall–Kier alpha value is -4.58. The van der Waals surface area contributed by atoms with Gasteiger partial charge in [-0.05, 0) is 85.0 Å². The molecule has 3 aromatic carbocycles. The molecule has 13 heteroatoms. The number of alkyl halides is 2. The molecule has 6 atom stereocenters. The molecular formula is C37H35Cl2N5O6. The maximum atomic E-state index is 14.3. The molecule has 1 saturated carbocycles. The Bertz CT molecular complexity index is 1930. The van der Waals surface area contributed by atoms with Crippen molar-refractivity contribution in [3.63, 3.8) is 0 Å². The number of nitrogens with zero attached hydrogens (tertiary/aromatic N) is 5. The molecule has 4 aliphatic rings. The number of hydrogen-bond donors (Lipinski definition) is 1. The van der Waals surface area contributed by atoms with E-state index in [4.69, 9.17) is 33.0 Å². The van der Waals surface area contributed by atoms with Gasteiger partial charge in [0.25, 0.3) is 11.8 Å². The molecule has 0 unspecified atom stereocenters. The van der Waals surface area contributed by atoms with E-state index in [1.165, 1.54) is 11.9 Å². The Labute approximate surface area is 299 Å². The van der Waals surface area contributed by atoms with Gasteiger partial charge in [0.1, 0.15) is 12.4 Å². The van der Waals surface area contributed by atoms with E-state index in [0.29, 0.717) is 33.9 Å². The number of anilines is 2. The van der Waals surface area contributed by atoms with Crippen LogP contribution >= 0.6 is 23.2 Å². The standard InChI is InChI=1S/C37H35Cl2N5O6/c1-42(2)24-10-6-22(7-11-24)40-41-23-8-12-25(13-9-23)44-32(46)28-17-16-27-29(30(28)33(44)47)20-36(38)34(48)43(3)35(49)37(36,39)31(27)21-4-14-26(15-5-21)50-19-18-45/h4-16,28-31,45H,17-20H2,1-3H3/t28-,29+,30-,31-,36+,37-/m0/s1. The molecule has 4 amide bonds. The van der Waals surface area contributed by atoms with E-state index >= 15 is 0 Å². The highest BCUT2D eigenvalue weighted by atomic mass is 35.5. The van der Waals surface area contributed by atoms with E-state index in [1.54, 1.807) is 48.5 Å². The van der Waals surface area contributed by atoms with Crippen molar-refractivity contribution in [2.45, 2.75) is 28.5 Å². The summed E-state index contributed by atoms with van der Waals surface area (Å²) in [5.41, 5.74) is 3.98. The number of aliphatic hydroxyl groups is 1. The zero-order chi connectivity index (χ0) is 35.5. The fraction of sp³-hybridized carbons (Fsp3) is 0.351. The quantitative estimate of drug-likeness (QED) is 0.136. The summed E-state index contributed by atoms with van der Waals surface area (Å²) in [6.07, 6.45) is 2.06. The van der Waals surface area contributed by atoms with Gasteiger partial charge in [-0.2, -0.15) is 10.2 Å². The SMILES string of the molecule is CN1C(=O)[C@]2(Cl)C[C@@H]3C(=CC[C@@H]4C(=O)N(c5ccc(N=Nc6ccc(N(C)C)cc6)cc5)C(=O)[C@@H]43)[C@H](c3ccc(OCCO)cc3)[C@]2(Cl)C1=O. The molecule has 7 rings (SSSR count). The number of hydrogen-bond acceptors (Lipinski definition) is 9. The van der Waals surface area contributed by atoms with Crippen LogP contribution in [0.15, 0.2) is 94.7 Å². The van der Waals surface area contributed by atoms with Crippen molar-refractivity contribution >= 4 is 69.6 Å². The molecule has 0 aromatic heterocycles.